The van der Waals surface area contributed by atoms with Gasteiger partial charge < -0.3 is 15.0 Å². The zero-order valence-corrected chi connectivity index (χ0v) is 16.8. The molecule has 0 saturated carbocycles. The molecular weight excluding hydrogens is 352 g/mol. The largest absolute Gasteiger partial charge is 0.497 e. The van der Waals surface area contributed by atoms with Gasteiger partial charge in [0, 0.05) is 25.2 Å². The van der Waals surface area contributed by atoms with Crippen molar-refractivity contribution in [2.75, 3.05) is 18.6 Å². The Morgan fingerprint density at radius 2 is 1.93 bits per heavy atom. The van der Waals surface area contributed by atoms with Gasteiger partial charge in [-0.15, -0.1) is 0 Å². The Hall–Kier alpha value is -2.82. The summed E-state index contributed by atoms with van der Waals surface area (Å²) in [7, 11) is 1.62. The Balaban J connectivity index is 1.64. The second kappa shape index (κ2) is 8.91. The molecule has 5 nitrogen and oxygen atoms in total. The second-order valence-corrected chi connectivity index (χ2v) is 7.34. The van der Waals surface area contributed by atoms with Crippen LogP contribution in [0.3, 0.4) is 0 Å². The van der Waals surface area contributed by atoms with Crippen LogP contribution < -0.4 is 15.0 Å². The summed E-state index contributed by atoms with van der Waals surface area (Å²) in [5.41, 5.74) is 3.10. The highest BCUT2D eigenvalue weighted by Gasteiger charge is 2.36. The highest BCUT2D eigenvalue weighted by atomic mass is 16.5. The normalized spacial score (nSPS) is 17.5. The summed E-state index contributed by atoms with van der Waals surface area (Å²) in [4.78, 5) is 27.0. The van der Waals surface area contributed by atoms with E-state index in [4.69, 9.17) is 4.74 Å². The Bertz CT molecular complexity index is 832. The number of benzene rings is 2. The van der Waals surface area contributed by atoms with Gasteiger partial charge >= 0.3 is 0 Å². The first-order valence-corrected chi connectivity index (χ1v) is 9.83. The van der Waals surface area contributed by atoms with Crippen LogP contribution in [-0.4, -0.2) is 25.5 Å². The first-order valence-electron chi connectivity index (χ1n) is 9.83. The number of hydrogen-bond acceptors (Lipinski definition) is 3. The fourth-order valence-corrected chi connectivity index (χ4v) is 3.56. The zero-order valence-electron chi connectivity index (χ0n) is 16.8. The SMILES string of the molecule is CC[C@@H](C)c1ccccc1N1C[C@H](C(=O)NCc2ccc(OC)cc2)CC1=O. The highest BCUT2D eigenvalue weighted by molar-refractivity contribution is 6.00. The standard InChI is InChI=1S/C23H28N2O3/c1-4-16(2)20-7-5-6-8-21(20)25-15-18(13-22(25)26)23(27)24-14-17-9-11-19(28-3)12-10-17/h5-12,16,18H,4,13-15H2,1-3H3,(H,24,27)/t16-,18-/m1/s1. The molecule has 1 fully saturated rings. The third-order valence-electron chi connectivity index (χ3n) is 5.49. The molecule has 1 heterocycles. The fraction of sp³-hybridized carbons (Fsp3) is 0.391. The van der Waals surface area contributed by atoms with E-state index >= 15 is 0 Å². The van der Waals surface area contributed by atoms with E-state index in [9.17, 15) is 9.59 Å². The molecule has 1 N–H and O–H groups in total. The van der Waals surface area contributed by atoms with Crippen LogP contribution in [0.2, 0.25) is 0 Å². The van der Waals surface area contributed by atoms with E-state index < -0.39 is 0 Å². The van der Waals surface area contributed by atoms with Crippen molar-refractivity contribution in [3.8, 4) is 5.75 Å². The van der Waals surface area contributed by atoms with Crippen LogP contribution in [0.15, 0.2) is 48.5 Å². The summed E-state index contributed by atoms with van der Waals surface area (Å²) in [5, 5.41) is 2.96. The summed E-state index contributed by atoms with van der Waals surface area (Å²) in [6.45, 7) is 5.18. The molecule has 0 aliphatic carbocycles. The number of rotatable bonds is 7. The van der Waals surface area contributed by atoms with Gasteiger partial charge in [-0.05, 0) is 41.7 Å². The molecule has 2 aromatic carbocycles. The third kappa shape index (κ3) is 4.35. The van der Waals surface area contributed by atoms with Crippen molar-refractivity contribution in [2.24, 2.45) is 5.92 Å². The number of amides is 2. The Morgan fingerprint density at radius 1 is 1.21 bits per heavy atom. The minimum absolute atomic E-state index is 0.0142. The van der Waals surface area contributed by atoms with Crippen molar-refractivity contribution in [3.05, 3.63) is 59.7 Å². The molecule has 1 aliphatic rings. The predicted molar refractivity (Wildman–Crippen MR) is 110 cm³/mol. The number of methoxy groups -OCH3 is 1. The molecule has 3 rings (SSSR count). The van der Waals surface area contributed by atoms with Crippen LogP contribution >= 0.6 is 0 Å². The minimum atomic E-state index is -0.323. The Morgan fingerprint density at radius 3 is 2.61 bits per heavy atom. The number of para-hydroxylation sites is 1. The van der Waals surface area contributed by atoms with Gasteiger partial charge in [0.25, 0.3) is 0 Å². The van der Waals surface area contributed by atoms with Crippen molar-refractivity contribution in [3.63, 3.8) is 0 Å². The Kier molecular flexibility index (Phi) is 6.34. The van der Waals surface area contributed by atoms with E-state index in [-0.39, 0.29) is 24.2 Å². The van der Waals surface area contributed by atoms with Crippen molar-refractivity contribution in [1.29, 1.82) is 0 Å². The topological polar surface area (TPSA) is 58.6 Å². The molecule has 148 valence electrons. The zero-order chi connectivity index (χ0) is 20.1. The van der Waals surface area contributed by atoms with E-state index in [1.165, 1.54) is 0 Å². The summed E-state index contributed by atoms with van der Waals surface area (Å²) in [6.07, 6.45) is 1.26. The number of nitrogens with one attached hydrogen (secondary N) is 1. The quantitative estimate of drug-likeness (QED) is 0.793. The summed E-state index contributed by atoms with van der Waals surface area (Å²) in [6, 6.07) is 15.6. The molecule has 1 aliphatic heterocycles. The molecule has 5 heteroatoms. The molecule has 0 aromatic heterocycles. The van der Waals surface area contributed by atoms with Crippen molar-refractivity contribution in [2.45, 2.75) is 39.2 Å². The van der Waals surface area contributed by atoms with Crippen LogP contribution in [0.4, 0.5) is 5.69 Å². The van der Waals surface area contributed by atoms with Crippen LogP contribution in [-0.2, 0) is 16.1 Å². The average Bonchev–Trinajstić information content (AvgIpc) is 3.13. The van der Waals surface area contributed by atoms with Gasteiger partial charge in [0.15, 0.2) is 0 Å². The molecule has 1 saturated heterocycles. The van der Waals surface area contributed by atoms with Crippen LogP contribution in [0, 0.1) is 5.92 Å². The highest BCUT2D eigenvalue weighted by Crippen LogP contribution is 2.33. The number of carbonyl (C=O) groups excluding carboxylic acids is 2. The van der Waals surface area contributed by atoms with Gasteiger partial charge in [-0.3, -0.25) is 9.59 Å². The smallest absolute Gasteiger partial charge is 0.227 e. The van der Waals surface area contributed by atoms with Gasteiger partial charge in [0.1, 0.15) is 5.75 Å². The lowest BCUT2D eigenvalue weighted by Crippen LogP contribution is -2.32. The molecule has 2 aromatic rings. The van der Waals surface area contributed by atoms with Gasteiger partial charge in [0.2, 0.25) is 11.8 Å². The number of carbonyl (C=O) groups is 2. The van der Waals surface area contributed by atoms with E-state index in [1.54, 1.807) is 12.0 Å². The maximum absolute atomic E-state index is 12.6. The number of ether oxygens (including phenoxy) is 1. The van der Waals surface area contributed by atoms with E-state index in [2.05, 4.69) is 25.2 Å². The van der Waals surface area contributed by atoms with Crippen LogP contribution in [0.25, 0.3) is 0 Å². The molecule has 2 amide bonds. The minimum Gasteiger partial charge on any atom is -0.497 e. The van der Waals surface area contributed by atoms with Crippen LogP contribution in [0.5, 0.6) is 5.75 Å². The van der Waals surface area contributed by atoms with Gasteiger partial charge in [-0.2, -0.15) is 0 Å². The van der Waals surface area contributed by atoms with Crippen molar-refractivity contribution in [1.82, 2.24) is 5.32 Å². The van der Waals surface area contributed by atoms with E-state index in [0.717, 1.165) is 29.0 Å². The number of anilines is 1. The second-order valence-electron chi connectivity index (χ2n) is 7.34. The lowest BCUT2D eigenvalue weighted by atomic mass is 9.96. The molecular formula is C23H28N2O3. The lowest BCUT2D eigenvalue weighted by Gasteiger charge is -2.23. The Labute approximate surface area is 166 Å². The average molecular weight is 380 g/mol. The molecule has 2 atom stereocenters. The number of nitrogens with zero attached hydrogens (tertiary/aromatic N) is 1. The summed E-state index contributed by atoms with van der Waals surface area (Å²) < 4.78 is 5.15. The first kappa shape index (κ1) is 19.9. The monoisotopic (exact) mass is 380 g/mol. The molecule has 0 unspecified atom stereocenters. The molecule has 0 radical (unpaired) electrons. The molecule has 0 bridgehead atoms. The van der Waals surface area contributed by atoms with Gasteiger partial charge in [-0.25, -0.2) is 0 Å². The first-order chi connectivity index (χ1) is 13.5. The fourth-order valence-electron chi connectivity index (χ4n) is 3.56. The predicted octanol–water partition coefficient (Wildman–Crippen LogP) is 3.88. The van der Waals surface area contributed by atoms with E-state index in [1.807, 2.05) is 42.5 Å². The lowest BCUT2D eigenvalue weighted by molar-refractivity contribution is -0.126. The molecule has 0 spiro atoms. The maximum Gasteiger partial charge on any atom is 0.227 e. The summed E-state index contributed by atoms with van der Waals surface area (Å²) >= 11 is 0. The molecule has 28 heavy (non-hydrogen) atoms. The van der Waals surface area contributed by atoms with Crippen molar-refractivity contribution < 1.29 is 14.3 Å². The number of hydrogen-bond donors (Lipinski definition) is 1. The third-order valence-corrected chi connectivity index (χ3v) is 5.49. The van der Waals surface area contributed by atoms with Gasteiger partial charge in [0.05, 0.1) is 13.0 Å². The van der Waals surface area contributed by atoms with E-state index in [0.29, 0.717) is 19.0 Å². The van der Waals surface area contributed by atoms with Gasteiger partial charge in [-0.1, -0.05) is 44.2 Å². The van der Waals surface area contributed by atoms with Crippen molar-refractivity contribution >= 4 is 17.5 Å². The maximum atomic E-state index is 12.6. The van der Waals surface area contributed by atoms with Crippen LogP contribution in [0.1, 0.15) is 43.7 Å². The summed E-state index contributed by atoms with van der Waals surface area (Å²) in [5.74, 6) is 0.766.